The summed E-state index contributed by atoms with van der Waals surface area (Å²) in [4.78, 5) is 14.2. The average Bonchev–Trinajstić information content (AvgIpc) is 2.65. The standard InChI is InChI=1S/C19H22N2O3S/c1-20(18-9-3-2-4-10-18)25(23,24)14-12-19(22)21-13-11-16-7-5-6-8-17(16)15-21/h2-10H,11-15H2,1H3. The lowest BCUT2D eigenvalue weighted by molar-refractivity contribution is -0.131. The predicted octanol–water partition coefficient (Wildman–Crippen LogP) is 2.43. The molecule has 1 aliphatic heterocycles. The highest BCUT2D eigenvalue weighted by atomic mass is 32.2. The number of benzene rings is 2. The Morgan fingerprint density at radius 2 is 1.68 bits per heavy atom. The van der Waals surface area contributed by atoms with Crippen molar-refractivity contribution in [3.8, 4) is 0 Å². The normalized spacial score (nSPS) is 14.0. The molecule has 0 spiro atoms. The van der Waals surface area contributed by atoms with E-state index in [-0.39, 0.29) is 18.1 Å². The fourth-order valence-corrected chi connectivity index (χ4v) is 4.17. The zero-order chi connectivity index (χ0) is 17.9. The molecule has 2 aromatic carbocycles. The SMILES string of the molecule is CN(c1ccccc1)S(=O)(=O)CCC(=O)N1CCc2ccccc2C1. The number of fused-ring (bicyclic) bond motifs is 1. The van der Waals surface area contributed by atoms with E-state index >= 15 is 0 Å². The third kappa shape index (κ3) is 4.02. The Morgan fingerprint density at radius 1 is 1.04 bits per heavy atom. The molecule has 0 unspecified atom stereocenters. The van der Waals surface area contributed by atoms with Gasteiger partial charge in [0.15, 0.2) is 0 Å². The summed E-state index contributed by atoms with van der Waals surface area (Å²) >= 11 is 0. The minimum atomic E-state index is -3.52. The van der Waals surface area contributed by atoms with Gasteiger partial charge in [-0.25, -0.2) is 8.42 Å². The molecule has 132 valence electrons. The van der Waals surface area contributed by atoms with E-state index < -0.39 is 10.0 Å². The average molecular weight is 358 g/mol. The van der Waals surface area contributed by atoms with E-state index in [9.17, 15) is 13.2 Å². The van der Waals surface area contributed by atoms with Crippen LogP contribution in [0.5, 0.6) is 0 Å². The lowest BCUT2D eigenvalue weighted by Crippen LogP contribution is -2.38. The van der Waals surface area contributed by atoms with Gasteiger partial charge in [0.1, 0.15) is 0 Å². The fourth-order valence-electron chi connectivity index (χ4n) is 3.02. The van der Waals surface area contributed by atoms with Gasteiger partial charge in [0.25, 0.3) is 0 Å². The number of carbonyl (C=O) groups is 1. The Bertz CT molecular complexity index is 850. The van der Waals surface area contributed by atoms with Gasteiger partial charge in [-0.15, -0.1) is 0 Å². The van der Waals surface area contributed by atoms with Crippen LogP contribution >= 0.6 is 0 Å². The summed E-state index contributed by atoms with van der Waals surface area (Å²) in [5.74, 6) is -0.297. The largest absolute Gasteiger partial charge is 0.338 e. The van der Waals surface area contributed by atoms with Crippen molar-refractivity contribution in [3.63, 3.8) is 0 Å². The van der Waals surface area contributed by atoms with Crippen LogP contribution in [0.2, 0.25) is 0 Å². The van der Waals surface area contributed by atoms with Crippen LogP contribution in [0.4, 0.5) is 5.69 Å². The number of hydrogen-bond acceptors (Lipinski definition) is 3. The first-order chi connectivity index (χ1) is 12.0. The number of carbonyl (C=O) groups excluding carboxylic acids is 1. The molecule has 25 heavy (non-hydrogen) atoms. The van der Waals surface area contributed by atoms with E-state index in [1.54, 1.807) is 29.2 Å². The van der Waals surface area contributed by atoms with E-state index in [1.807, 2.05) is 24.3 Å². The number of nitrogens with zero attached hydrogens (tertiary/aromatic N) is 2. The smallest absolute Gasteiger partial charge is 0.235 e. The first-order valence-corrected chi connectivity index (χ1v) is 9.94. The van der Waals surface area contributed by atoms with Crippen LogP contribution in [0.15, 0.2) is 54.6 Å². The summed E-state index contributed by atoms with van der Waals surface area (Å²) in [5, 5.41) is 0. The highest BCUT2D eigenvalue weighted by Crippen LogP contribution is 2.20. The lowest BCUT2D eigenvalue weighted by Gasteiger charge is -2.29. The van der Waals surface area contributed by atoms with E-state index in [0.717, 1.165) is 12.0 Å². The second-order valence-corrected chi connectivity index (χ2v) is 8.32. The van der Waals surface area contributed by atoms with Gasteiger partial charge in [0.2, 0.25) is 15.9 Å². The van der Waals surface area contributed by atoms with Crippen molar-refractivity contribution < 1.29 is 13.2 Å². The summed E-state index contributed by atoms with van der Waals surface area (Å²) in [6.07, 6.45) is 0.820. The Balaban J connectivity index is 1.61. The van der Waals surface area contributed by atoms with Crippen LogP contribution in [0.1, 0.15) is 17.5 Å². The Hall–Kier alpha value is -2.34. The van der Waals surface area contributed by atoms with E-state index in [1.165, 1.54) is 16.9 Å². The molecule has 1 heterocycles. The second kappa shape index (κ2) is 7.27. The number of para-hydroxylation sites is 1. The number of anilines is 1. The third-order valence-electron chi connectivity index (χ3n) is 4.59. The van der Waals surface area contributed by atoms with Gasteiger partial charge in [-0.05, 0) is 29.7 Å². The first kappa shape index (κ1) is 17.5. The van der Waals surface area contributed by atoms with Crippen molar-refractivity contribution in [2.24, 2.45) is 0 Å². The molecule has 5 nitrogen and oxygen atoms in total. The summed E-state index contributed by atoms with van der Waals surface area (Å²) < 4.78 is 26.2. The molecule has 0 aliphatic carbocycles. The van der Waals surface area contributed by atoms with Crippen LogP contribution in [0.25, 0.3) is 0 Å². The van der Waals surface area contributed by atoms with Crippen molar-refractivity contribution >= 4 is 21.6 Å². The second-order valence-electron chi connectivity index (χ2n) is 6.20. The van der Waals surface area contributed by atoms with Crippen LogP contribution in [-0.2, 0) is 27.8 Å². The van der Waals surface area contributed by atoms with Crippen molar-refractivity contribution in [3.05, 3.63) is 65.7 Å². The van der Waals surface area contributed by atoms with E-state index in [4.69, 9.17) is 0 Å². The molecule has 0 saturated carbocycles. The van der Waals surface area contributed by atoms with E-state index in [2.05, 4.69) is 6.07 Å². The Kier molecular flexibility index (Phi) is 5.08. The zero-order valence-electron chi connectivity index (χ0n) is 14.3. The minimum absolute atomic E-state index is 0.00166. The van der Waals surface area contributed by atoms with Crippen molar-refractivity contribution in [2.75, 3.05) is 23.7 Å². The summed E-state index contributed by atoms with van der Waals surface area (Å²) in [5.41, 5.74) is 3.01. The van der Waals surface area contributed by atoms with Crippen LogP contribution in [0, 0.1) is 0 Å². The van der Waals surface area contributed by atoms with Crippen LogP contribution < -0.4 is 4.31 Å². The molecule has 1 amide bonds. The maximum atomic E-state index is 12.5. The summed E-state index contributed by atoms with van der Waals surface area (Å²) in [6, 6.07) is 17.0. The Morgan fingerprint density at radius 3 is 2.40 bits per heavy atom. The molecule has 2 aromatic rings. The summed E-state index contributed by atoms with van der Waals surface area (Å²) in [6.45, 7) is 1.20. The highest BCUT2D eigenvalue weighted by Gasteiger charge is 2.24. The lowest BCUT2D eigenvalue weighted by atomic mass is 10.00. The van der Waals surface area contributed by atoms with Gasteiger partial charge >= 0.3 is 0 Å². The fraction of sp³-hybridized carbons (Fsp3) is 0.316. The third-order valence-corrected chi connectivity index (χ3v) is 6.36. The first-order valence-electron chi connectivity index (χ1n) is 8.33. The highest BCUT2D eigenvalue weighted by molar-refractivity contribution is 7.92. The van der Waals surface area contributed by atoms with Gasteiger partial charge < -0.3 is 4.90 Å². The maximum absolute atomic E-state index is 12.5. The maximum Gasteiger partial charge on any atom is 0.235 e. The monoisotopic (exact) mass is 358 g/mol. The molecule has 6 heteroatoms. The van der Waals surface area contributed by atoms with Crippen molar-refractivity contribution in [1.82, 2.24) is 4.90 Å². The van der Waals surface area contributed by atoms with Gasteiger partial charge in [-0.1, -0.05) is 42.5 Å². The van der Waals surface area contributed by atoms with E-state index in [0.29, 0.717) is 18.8 Å². The predicted molar refractivity (Wildman–Crippen MR) is 98.8 cm³/mol. The number of hydrogen-bond donors (Lipinski definition) is 0. The molecule has 0 aromatic heterocycles. The molecular weight excluding hydrogens is 336 g/mol. The molecule has 0 radical (unpaired) electrons. The topological polar surface area (TPSA) is 57.7 Å². The molecule has 1 aliphatic rings. The molecule has 0 fully saturated rings. The van der Waals surface area contributed by atoms with Crippen LogP contribution in [-0.4, -0.2) is 38.6 Å². The van der Waals surface area contributed by atoms with Gasteiger partial charge in [0, 0.05) is 26.6 Å². The molecule has 0 atom stereocenters. The minimum Gasteiger partial charge on any atom is -0.338 e. The Labute approximate surface area is 148 Å². The van der Waals surface area contributed by atoms with Gasteiger partial charge in [0.05, 0.1) is 11.4 Å². The van der Waals surface area contributed by atoms with Crippen molar-refractivity contribution in [1.29, 1.82) is 0 Å². The quantitative estimate of drug-likeness (QED) is 0.825. The van der Waals surface area contributed by atoms with Crippen LogP contribution in [0.3, 0.4) is 0 Å². The summed E-state index contributed by atoms with van der Waals surface area (Å²) in [7, 11) is -2.00. The zero-order valence-corrected chi connectivity index (χ0v) is 15.1. The number of rotatable bonds is 5. The molecule has 3 rings (SSSR count). The molecule has 0 saturated heterocycles. The number of amides is 1. The van der Waals surface area contributed by atoms with Gasteiger partial charge in [-0.2, -0.15) is 0 Å². The molecular formula is C19H22N2O3S. The number of sulfonamides is 1. The van der Waals surface area contributed by atoms with Gasteiger partial charge in [-0.3, -0.25) is 9.10 Å². The van der Waals surface area contributed by atoms with Crippen molar-refractivity contribution in [2.45, 2.75) is 19.4 Å². The molecule has 0 bridgehead atoms. The molecule has 0 N–H and O–H groups in total.